The molecule has 0 radical (unpaired) electrons. The average Bonchev–Trinajstić information content (AvgIpc) is 3.68. The van der Waals surface area contributed by atoms with Gasteiger partial charge in [-0.25, -0.2) is 4.79 Å². The summed E-state index contributed by atoms with van der Waals surface area (Å²) in [5, 5.41) is 20.4. The highest BCUT2D eigenvalue weighted by Gasteiger charge is 2.41. The van der Waals surface area contributed by atoms with E-state index >= 15 is 0 Å². The molecule has 2 aromatic rings. The molecule has 2 saturated heterocycles. The number of rotatable bonds is 12. The van der Waals surface area contributed by atoms with Crippen LogP contribution in [0.25, 0.3) is 10.4 Å². The molecule has 0 spiro atoms. The van der Waals surface area contributed by atoms with Gasteiger partial charge >= 0.3 is 11.7 Å². The number of carbonyl (C=O) groups excluding carboxylic acids is 4. The van der Waals surface area contributed by atoms with Crippen LogP contribution < -0.4 is 21.9 Å². The van der Waals surface area contributed by atoms with E-state index in [-0.39, 0.29) is 30.2 Å². The van der Waals surface area contributed by atoms with Crippen LogP contribution in [0, 0.1) is 6.92 Å². The Morgan fingerprint density at radius 2 is 1.94 bits per heavy atom. The van der Waals surface area contributed by atoms with E-state index in [1.807, 2.05) is 20.8 Å². The van der Waals surface area contributed by atoms with E-state index < -0.39 is 84.2 Å². The van der Waals surface area contributed by atoms with Crippen molar-refractivity contribution in [3.8, 4) is 0 Å². The number of hydrogen-bond acceptors (Lipinski definition) is 11. The van der Waals surface area contributed by atoms with Crippen molar-refractivity contribution in [2.45, 2.75) is 89.1 Å². The van der Waals surface area contributed by atoms with Gasteiger partial charge < -0.3 is 30.1 Å². The molecule has 18 heteroatoms. The number of esters is 1. The van der Waals surface area contributed by atoms with Gasteiger partial charge in [-0.1, -0.05) is 35.4 Å². The molecule has 4 rings (SSSR count). The third-order valence-electron chi connectivity index (χ3n) is 7.82. The van der Waals surface area contributed by atoms with E-state index in [0.717, 1.165) is 4.57 Å². The minimum Gasteiger partial charge on any atom is -0.463 e. The van der Waals surface area contributed by atoms with Gasteiger partial charge in [-0.15, -0.1) is 11.8 Å². The first-order valence-electron chi connectivity index (χ1n) is 15.6. The highest BCUT2D eigenvalue weighted by atomic mass is 32.2. The lowest BCUT2D eigenvalue weighted by molar-refractivity contribution is -0.151. The summed E-state index contributed by atoms with van der Waals surface area (Å²) < 4.78 is 12.2. The lowest BCUT2D eigenvalue weighted by Gasteiger charge is -2.31. The number of nitrogens with one attached hydrogen (secondary N) is 3. The van der Waals surface area contributed by atoms with Gasteiger partial charge in [0.05, 0.1) is 18.0 Å². The van der Waals surface area contributed by atoms with Crippen LogP contribution in [0.1, 0.15) is 51.0 Å². The smallest absolute Gasteiger partial charge is 0.330 e. The third-order valence-corrected chi connectivity index (χ3v) is 8.83. The molecule has 17 nitrogen and oxygen atoms in total. The minimum atomic E-state index is -1.74. The maximum atomic E-state index is 13.5. The van der Waals surface area contributed by atoms with Crippen molar-refractivity contribution in [2.75, 3.05) is 18.2 Å². The van der Waals surface area contributed by atoms with Gasteiger partial charge in [0.25, 0.3) is 11.5 Å². The van der Waals surface area contributed by atoms with Crippen molar-refractivity contribution >= 4 is 35.5 Å². The molecule has 0 unspecified atom stereocenters. The molecule has 0 saturated carbocycles. The van der Waals surface area contributed by atoms with Crippen LogP contribution in [0.15, 0.2) is 51.2 Å². The number of H-pyrrole nitrogens is 1. The zero-order chi connectivity index (χ0) is 35.9. The van der Waals surface area contributed by atoms with Crippen LogP contribution in [0.2, 0.25) is 0 Å². The van der Waals surface area contributed by atoms with Crippen LogP contribution in [-0.4, -0.2) is 97.4 Å². The number of carbonyl (C=O) groups is 4. The summed E-state index contributed by atoms with van der Waals surface area (Å²) >= 11 is 1.36. The van der Waals surface area contributed by atoms with Crippen LogP contribution in [0.5, 0.6) is 0 Å². The highest BCUT2D eigenvalue weighted by Crippen LogP contribution is 2.30. The van der Waals surface area contributed by atoms with E-state index in [1.54, 1.807) is 30.3 Å². The Hall–Kier alpha value is -4.64. The summed E-state index contributed by atoms with van der Waals surface area (Å²) in [5.74, 6) is -2.37. The number of aromatic amines is 1. The van der Waals surface area contributed by atoms with E-state index in [9.17, 15) is 33.9 Å². The summed E-state index contributed by atoms with van der Waals surface area (Å²) in [5.41, 5.74) is 8.16. The van der Waals surface area contributed by atoms with Crippen LogP contribution in [0.4, 0.5) is 0 Å². The van der Waals surface area contributed by atoms with Gasteiger partial charge in [-0.2, -0.15) is 0 Å². The van der Waals surface area contributed by atoms with Crippen molar-refractivity contribution in [1.29, 1.82) is 0 Å². The largest absolute Gasteiger partial charge is 0.463 e. The fourth-order valence-electron chi connectivity index (χ4n) is 5.42. The number of ether oxygens (including phenoxy) is 2. The number of azide groups is 1. The molecule has 0 bridgehead atoms. The number of amides is 3. The molecule has 3 heterocycles. The summed E-state index contributed by atoms with van der Waals surface area (Å²) in [7, 11) is 0. The molecule has 0 aliphatic carbocycles. The predicted octanol–water partition coefficient (Wildman–Crippen LogP) is 0.649. The normalized spacial score (nSPS) is 21.7. The Morgan fingerprint density at radius 3 is 2.61 bits per heavy atom. The maximum absolute atomic E-state index is 13.5. The van der Waals surface area contributed by atoms with Crippen LogP contribution in [0.3, 0.4) is 0 Å². The van der Waals surface area contributed by atoms with Gasteiger partial charge in [0.1, 0.15) is 31.4 Å². The maximum Gasteiger partial charge on any atom is 0.330 e. The zero-order valence-electron chi connectivity index (χ0n) is 27.5. The zero-order valence-corrected chi connectivity index (χ0v) is 28.3. The van der Waals surface area contributed by atoms with Gasteiger partial charge in [0, 0.05) is 34.4 Å². The quantitative estimate of drug-likeness (QED) is 0.0793. The summed E-state index contributed by atoms with van der Waals surface area (Å²) in [6.07, 6.45) is -2.98. The van der Waals surface area contributed by atoms with Gasteiger partial charge in [-0.05, 0) is 45.2 Å². The highest BCUT2D eigenvalue weighted by molar-refractivity contribution is 7.99. The number of thioether (sulfide) groups is 1. The number of nitrogens with zero attached hydrogens (tertiary/aromatic N) is 5. The Morgan fingerprint density at radius 1 is 1.22 bits per heavy atom. The van der Waals surface area contributed by atoms with E-state index in [2.05, 4.69) is 25.6 Å². The number of aliphatic hydroxyl groups excluding tert-OH is 1. The van der Waals surface area contributed by atoms with E-state index in [1.165, 1.54) is 29.8 Å². The Kier molecular flexibility index (Phi) is 12.3. The van der Waals surface area contributed by atoms with Crippen molar-refractivity contribution in [3.63, 3.8) is 0 Å². The minimum absolute atomic E-state index is 0.0448. The second kappa shape index (κ2) is 16.2. The number of aliphatic hydroxyl groups is 1. The summed E-state index contributed by atoms with van der Waals surface area (Å²) in [6.45, 7) is 6.55. The first-order chi connectivity index (χ1) is 23.2. The lowest BCUT2D eigenvalue weighted by atomic mass is 9.99. The second-order valence-corrected chi connectivity index (χ2v) is 13.8. The Labute approximate surface area is 285 Å². The molecule has 49 heavy (non-hydrogen) atoms. The molecule has 264 valence electrons. The van der Waals surface area contributed by atoms with Crippen LogP contribution >= 0.6 is 11.8 Å². The summed E-state index contributed by atoms with van der Waals surface area (Å²) in [4.78, 5) is 82.6. The van der Waals surface area contributed by atoms with Crippen molar-refractivity contribution < 1.29 is 33.8 Å². The van der Waals surface area contributed by atoms with Crippen molar-refractivity contribution in [2.24, 2.45) is 5.11 Å². The SMILES string of the molecule is Cc1cn([C@H]2C[C@H](N=[N+]=[N-])[C@@H](COC(=O)CC(=O)N[C@@H](Cc3ccccc3)[C@H](O)C(=O)N3CSC[C@H]3C(=O)NC(C)(C)C)O2)c(=O)[nH]c1=O. The molecule has 6 atom stereocenters. The second-order valence-electron chi connectivity index (χ2n) is 12.8. The fraction of sp³-hybridized carbons (Fsp3) is 0.548. The molecular formula is C31H40N8O9S. The standard InChI is InChI=1S/C31H40N8O9S/c1-17-13-38(30(46)34-27(17)43)24-11-19(36-37-32)22(48-24)14-47-25(41)12-23(40)33-20(10-18-8-6-5-7-9-18)26(42)29(45)39-16-49-15-21(39)28(44)35-31(2,3)4/h5-9,13,19-22,24,26,42H,10-12,14-16H2,1-4H3,(H,33,40)(H,35,44)(H,34,43,46)/t19-,20-,21-,22+,24+,26-/m0/s1. The van der Waals surface area contributed by atoms with E-state index in [4.69, 9.17) is 15.0 Å². The molecule has 4 N–H and O–H groups in total. The first-order valence-corrected chi connectivity index (χ1v) is 16.7. The number of benzene rings is 1. The van der Waals surface area contributed by atoms with Gasteiger partial charge in [-0.3, -0.25) is 33.5 Å². The molecule has 3 amide bonds. The number of aromatic nitrogens is 2. The fourth-order valence-corrected chi connectivity index (χ4v) is 6.58. The predicted molar refractivity (Wildman–Crippen MR) is 177 cm³/mol. The molecule has 1 aromatic carbocycles. The molecule has 1 aromatic heterocycles. The first kappa shape index (κ1) is 37.2. The van der Waals surface area contributed by atoms with Gasteiger partial charge in [0.2, 0.25) is 11.8 Å². The number of aryl methyl sites for hydroxylation is 1. The van der Waals surface area contributed by atoms with Crippen molar-refractivity contribution in [1.82, 2.24) is 25.1 Å². The van der Waals surface area contributed by atoms with Crippen molar-refractivity contribution in [3.05, 3.63) is 78.9 Å². The monoisotopic (exact) mass is 700 g/mol. The summed E-state index contributed by atoms with van der Waals surface area (Å²) in [6, 6.07) is 6.03. The number of hydrogen-bond donors (Lipinski definition) is 4. The molecule has 2 aliphatic heterocycles. The molecule has 2 aliphatic rings. The molecule has 2 fully saturated rings. The Balaban J connectivity index is 1.40. The average molecular weight is 701 g/mol. The Bertz CT molecular complexity index is 1700. The van der Waals surface area contributed by atoms with Gasteiger partial charge in [0.15, 0.2) is 6.10 Å². The van der Waals surface area contributed by atoms with Crippen LogP contribution in [-0.2, 0) is 35.1 Å². The lowest BCUT2D eigenvalue weighted by Crippen LogP contribution is -2.57. The molecular weight excluding hydrogens is 660 g/mol. The third kappa shape index (κ3) is 9.95. The topological polar surface area (TPSA) is 238 Å². The van der Waals surface area contributed by atoms with E-state index in [0.29, 0.717) is 11.3 Å².